The number of phenolic OH excluding ortho intramolecular Hbond substituents is 1. The van der Waals surface area contributed by atoms with Crippen LogP contribution in [0.1, 0.15) is 36.3 Å². The molecule has 0 aromatic heterocycles. The molecule has 1 aliphatic heterocycles. The fourth-order valence-electron chi connectivity index (χ4n) is 3.26. The summed E-state index contributed by atoms with van der Waals surface area (Å²) in [5, 5.41) is 9.37. The maximum Gasteiger partial charge on any atom is 0.222 e. The summed E-state index contributed by atoms with van der Waals surface area (Å²) in [4.78, 5) is 14.4. The van der Waals surface area contributed by atoms with Crippen molar-refractivity contribution in [2.45, 2.75) is 31.6 Å². The van der Waals surface area contributed by atoms with E-state index in [0.717, 1.165) is 32.4 Å². The molecule has 3 rings (SSSR count). The zero-order valence-corrected chi connectivity index (χ0v) is 13.3. The van der Waals surface area contributed by atoms with Gasteiger partial charge in [0.25, 0.3) is 0 Å². The van der Waals surface area contributed by atoms with Crippen LogP contribution in [0.2, 0.25) is 0 Å². The van der Waals surface area contributed by atoms with Crippen LogP contribution in [0.3, 0.4) is 0 Å². The highest BCUT2D eigenvalue weighted by Gasteiger charge is 2.23. The molecular formula is C20H23NO2. The first-order valence-electron chi connectivity index (χ1n) is 8.33. The lowest BCUT2D eigenvalue weighted by Crippen LogP contribution is -2.38. The van der Waals surface area contributed by atoms with Crippen molar-refractivity contribution in [3.63, 3.8) is 0 Å². The van der Waals surface area contributed by atoms with E-state index in [1.54, 1.807) is 12.1 Å². The molecule has 1 N–H and O–H groups in total. The molecule has 2 aromatic rings. The topological polar surface area (TPSA) is 40.5 Å². The molecule has 0 spiro atoms. The largest absolute Gasteiger partial charge is 0.508 e. The summed E-state index contributed by atoms with van der Waals surface area (Å²) in [5.41, 5.74) is 2.49. The van der Waals surface area contributed by atoms with Crippen LogP contribution in [0.5, 0.6) is 5.75 Å². The van der Waals surface area contributed by atoms with Crippen LogP contribution in [0, 0.1) is 0 Å². The Bertz CT molecular complexity index is 628. The third-order valence-electron chi connectivity index (χ3n) is 4.68. The van der Waals surface area contributed by atoms with Gasteiger partial charge in [-0.3, -0.25) is 4.79 Å². The fourth-order valence-corrected chi connectivity index (χ4v) is 3.26. The SMILES string of the molecule is O=C(CCc1ccccc1)N1CCC(c2ccc(O)cc2)CC1. The fraction of sp³-hybridized carbons (Fsp3) is 0.350. The van der Waals surface area contributed by atoms with E-state index in [1.165, 1.54) is 11.1 Å². The van der Waals surface area contributed by atoms with Gasteiger partial charge in [-0.15, -0.1) is 0 Å². The number of aryl methyl sites for hydroxylation is 1. The van der Waals surface area contributed by atoms with Gasteiger partial charge in [0.2, 0.25) is 5.91 Å². The monoisotopic (exact) mass is 309 g/mol. The summed E-state index contributed by atoms with van der Waals surface area (Å²) < 4.78 is 0. The Labute approximate surface area is 137 Å². The van der Waals surface area contributed by atoms with E-state index in [0.29, 0.717) is 18.1 Å². The van der Waals surface area contributed by atoms with Crippen LogP contribution in [0.15, 0.2) is 54.6 Å². The van der Waals surface area contributed by atoms with E-state index in [9.17, 15) is 9.90 Å². The van der Waals surface area contributed by atoms with Gasteiger partial charge in [-0.1, -0.05) is 42.5 Å². The summed E-state index contributed by atoms with van der Waals surface area (Å²) in [6, 6.07) is 17.7. The van der Waals surface area contributed by atoms with E-state index < -0.39 is 0 Å². The number of rotatable bonds is 4. The molecule has 0 radical (unpaired) electrons. The van der Waals surface area contributed by atoms with Crippen LogP contribution in [-0.4, -0.2) is 29.0 Å². The van der Waals surface area contributed by atoms with E-state index >= 15 is 0 Å². The maximum absolute atomic E-state index is 12.4. The number of aromatic hydroxyl groups is 1. The van der Waals surface area contributed by atoms with Gasteiger partial charge in [0.05, 0.1) is 0 Å². The molecule has 2 aromatic carbocycles. The molecule has 1 saturated heterocycles. The van der Waals surface area contributed by atoms with Crippen molar-refractivity contribution >= 4 is 5.91 Å². The molecule has 0 unspecified atom stereocenters. The van der Waals surface area contributed by atoms with E-state index in [2.05, 4.69) is 12.1 Å². The molecule has 1 heterocycles. The third-order valence-corrected chi connectivity index (χ3v) is 4.68. The first kappa shape index (κ1) is 15.6. The Kier molecular flexibility index (Phi) is 4.96. The van der Waals surface area contributed by atoms with Gasteiger partial charge < -0.3 is 10.0 Å². The number of amides is 1. The Balaban J connectivity index is 1.48. The van der Waals surface area contributed by atoms with Gasteiger partial charge in [-0.05, 0) is 48.4 Å². The minimum Gasteiger partial charge on any atom is -0.508 e. The molecule has 23 heavy (non-hydrogen) atoms. The van der Waals surface area contributed by atoms with E-state index in [4.69, 9.17) is 0 Å². The molecule has 120 valence electrons. The van der Waals surface area contributed by atoms with Gasteiger partial charge in [-0.2, -0.15) is 0 Å². The Morgan fingerprint density at radius 1 is 1.00 bits per heavy atom. The van der Waals surface area contributed by atoms with Gasteiger partial charge in [-0.25, -0.2) is 0 Å². The lowest BCUT2D eigenvalue weighted by molar-refractivity contribution is -0.132. The molecule has 0 bridgehead atoms. The van der Waals surface area contributed by atoms with E-state index in [1.807, 2.05) is 35.2 Å². The number of hydrogen-bond acceptors (Lipinski definition) is 2. The lowest BCUT2D eigenvalue weighted by Gasteiger charge is -2.32. The number of hydrogen-bond donors (Lipinski definition) is 1. The molecule has 1 amide bonds. The van der Waals surface area contributed by atoms with Crippen LogP contribution in [-0.2, 0) is 11.2 Å². The Hall–Kier alpha value is -2.29. The quantitative estimate of drug-likeness (QED) is 0.935. The Morgan fingerprint density at radius 2 is 1.65 bits per heavy atom. The molecule has 1 fully saturated rings. The zero-order chi connectivity index (χ0) is 16.1. The summed E-state index contributed by atoms with van der Waals surface area (Å²) in [6.45, 7) is 1.67. The van der Waals surface area contributed by atoms with Crippen molar-refractivity contribution < 1.29 is 9.90 Å². The van der Waals surface area contributed by atoms with Crippen molar-refractivity contribution in [3.05, 3.63) is 65.7 Å². The average Bonchev–Trinajstić information content (AvgIpc) is 2.61. The standard InChI is InChI=1S/C20H23NO2/c22-19-9-7-17(8-10-19)18-12-14-21(15-13-18)20(23)11-6-16-4-2-1-3-5-16/h1-5,7-10,18,22H,6,11-15H2. The highest BCUT2D eigenvalue weighted by molar-refractivity contribution is 5.76. The van der Waals surface area contributed by atoms with Crippen molar-refractivity contribution in [2.24, 2.45) is 0 Å². The summed E-state index contributed by atoms with van der Waals surface area (Å²) >= 11 is 0. The number of likely N-dealkylation sites (tertiary alicyclic amines) is 1. The second kappa shape index (κ2) is 7.32. The molecule has 1 aliphatic rings. The second-order valence-corrected chi connectivity index (χ2v) is 6.23. The second-order valence-electron chi connectivity index (χ2n) is 6.23. The molecule has 0 aliphatic carbocycles. The number of benzene rings is 2. The van der Waals surface area contributed by atoms with Crippen molar-refractivity contribution in [1.29, 1.82) is 0 Å². The third kappa shape index (κ3) is 4.13. The highest BCUT2D eigenvalue weighted by Crippen LogP contribution is 2.29. The number of phenols is 1. The lowest BCUT2D eigenvalue weighted by atomic mass is 9.89. The highest BCUT2D eigenvalue weighted by atomic mass is 16.3. The van der Waals surface area contributed by atoms with Crippen molar-refractivity contribution in [2.75, 3.05) is 13.1 Å². The number of carbonyl (C=O) groups is 1. The van der Waals surface area contributed by atoms with Gasteiger partial charge >= 0.3 is 0 Å². The predicted octanol–water partition coefficient (Wildman–Crippen LogP) is 3.73. The van der Waals surface area contributed by atoms with Crippen LogP contribution >= 0.6 is 0 Å². The Morgan fingerprint density at radius 3 is 2.30 bits per heavy atom. The minimum atomic E-state index is 0.262. The normalized spacial score (nSPS) is 15.6. The maximum atomic E-state index is 12.4. The predicted molar refractivity (Wildman–Crippen MR) is 91.4 cm³/mol. The minimum absolute atomic E-state index is 0.262. The van der Waals surface area contributed by atoms with Crippen molar-refractivity contribution in [3.8, 4) is 5.75 Å². The summed E-state index contributed by atoms with van der Waals surface area (Å²) in [5.74, 6) is 1.06. The molecule has 3 heteroatoms. The summed E-state index contributed by atoms with van der Waals surface area (Å²) in [6.07, 6.45) is 3.41. The smallest absolute Gasteiger partial charge is 0.222 e. The van der Waals surface area contributed by atoms with Gasteiger partial charge in [0.1, 0.15) is 5.75 Å². The average molecular weight is 309 g/mol. The van der Waals surface area contributed by atoms with Crippen LogP contribution in [0.4, 0.5) is 0 Å². The van der Waals surface area contributed by atoms with E-state index in [-0.39, 0.29) is 5.91 Å². The van der Waals surface area contributed by atoms with Gasteiger partial charge in [0, 0.05) is 19.5 Å². The first-order valence-corrected chi connectivity index (χ1v) is 8.33. The molecule has 0 saturated carbocycles. The first-order chi connectivity index (χ1) is 11.2. The van der Waals surface area contributed by atoms with Crippen LogP contribution in [0.25, 0.3) is 0 Å². The molecule has 3 nitrogen and oxygen atoms in total. The number of piperidine rings is 1. The zero-order valence-electron chi connectivity index (χ0n) is 13.3. The number of carbonyl (C=O) groups excluding carboxylic acids is 1. The van der Waals surface area contributed by atoms with Crippen molar-refractivity contribution in [1.82, 2.24) is 4.90 Å². The molecule has 0 atom stereocenters. The number of nitrogens with zero attached hydrogens (tertiary/aromatic N) is 1. The summed E-state index contributed by atoms with van der Waals surface area (Å²) in [7, 11) is 0. The van der Waals surface area contributed by atoms with Gasteiger partial charge in [0.15, 0.2) is 0 Å². The molecular weight excluding hydrogens is 286 g/mol. The van der Waals surface area contributed by atoms with Crippen LogP contribution < -0.4 is 0 Å².